The zero-order chi connectivity index (χ0) is 17.7. The molecule has 0 saturated carbocycles. The van der Waals surface area contributed by atoms with Crippen LogP contribution in [0.4, 0.5) is 0 Å². The van der Waals surface area contributed by atoms with Gasteiger partial charge in [-0.1, -0.05) is 80.6 Å². The van der Waals surface area contributed by atoms with Crippen LogP contribution in [0.3, 0.4) is 0 Å². The Morgan fingerprint density at radius 3 is 2.04 bits per heavy atom. The minimum absolute atomic E-state index is 0. The molecule has 2 aromatic carbocycles. The van der Waals surface area contributed by atoms with Gasteiger partial charge in [0.25, 0.3) is 12.0 Å². The van der Waals surface area contributed by atoms with E-state index < -0.39 is 0 Å². The fourth-order valence-electron chi connectivity index (χ4n) is 2.18. The highest BCUT2D eigenvalue weighted by Gasteiger charge is 2.22. The van der Waals surface area contributed by atoms with E-state index in [2.05, 4.69) is 15.3 Å². The first kappa shape index (κ1) is 18.5. The van der Waals surface area contributed by atoms with Gasteiger partial charge in [-0.25, -0.2) is 9.98 Å². The summed E-state index contributed by atoms with van der Waals surface area (Å²) in [5, 5.41) is 2.93. The van der Waals surface area contributed by atoms with Crippen LogP contribution in [0.1, 0.15) is 26.9 Å². The van der Waals surface area contributed by atoms with Crippen LogP contribution in [0.25, 0.3) is 0 Å². The normalized spacial score (nSPS) is 17.4. The Morgan fingerprint density at radius 2 is 1.48 bits per heavy atom. The summed E-state index contributed by atoms with van der Waals surface area (Å²) in [5.41, 5.74) is 1.15. The van der Waals surface area contributed by atoms with Crippen LogP contribution in [0.5, 0.6) is 0 Å². The minimum atomic E-state index is 0. The maximum Gasteiger partial charge on any atom is 0.293 e. The van der Waals surface area contributed by atoms with E-state index in [4.69, 9.17) is 9.47 Å². The Kier molecular flexibility index (Phi) is 8.05. The van der Waals surface area contributed by atoms with Crippen molar-refractivity contribution in [3.05, 3.63) is 72.3 Å². The predicted molar refractivity (Wildman–Crippen MR) is 104 cm³/mol. The van der Waals surface area contributed by atoms with E-state index in [1.165, 1.54) is 0 Å². The molecule has 0 unspecified atom stereocenters. The van der Waals surface area contributed by atoms with Gasteiger partial charge in [0.2, 0.25) is 0 Å². The molecule has 0 bridgehead atoms. The average molecular weight is 341 g/mol. The number of rotatable bonds is 1. The lowest BCUT2D eigenvalue weighted by atomic mass is 10.1. The van der Waals surface area contributed by atoms with Crippen molar-refractivity contribution >= 4 is 12.0 Å². The SMILES string of the molecule is CC.[HH].c1ccc([C@H]2COC(NC3=NCCO3)=N2)cc1.c1ccccc1. The van der Waals surface area contributed by atoms with Gasteiger partial charge in [0, 0.05) is 1.43 Å². The second-order valence-corrected chi connectivity index (χ2v) is 4.99. The molecule has 0 aromatic heterocycles. The van der Waals surface area contributed by atoms with Gasteiger partial charge in [-0.15, -0.1) is 0 Å². The van der Waals surface area contributed by atoms with Gasteiger partial charge in [-0.2, -0.15) is 0 Å². The Hall–Kier alpha value is -2.82. The third-order valence-electron chi connectivity index (χ3n) is 3.30. The molecule has 0 saturated heterocycles. The van der Waals surface area contributed by atoms with Crippen molar-refractivity contribution in [1.29, 1.82) is 0 Å². The van der Waals surface area contributed by atoms with Gasteiger partial charge in [0.05, 0.1) is 6.54 Å². The van der Waals surface area contributed by atoms with Crippen LogP contribution < -0.4 is 5.32 Å². The molecule has 5 heteroatoms. The lowest BCUT2D eigenvalue weighted by Gasteiger charge is -2.03. The van der Waals surface area contributed by atoms with E-state index in [0.717, 1.165) is 5.56 Å². The monoisotopic (exact) mass is 341 g/mol. The number of aliphatic imine (C=N–C) groups is 2. The molecule has 5 nitrogen and oxygen atoms in total. The molecule has 1 atom stereocenters. The smallest absolute Gasteiger partial charge is 0.293 e. The second-order valence-electron chi connectivity index (χ2n) is 4.99. The number of amidine groups is 2. The summed E-state index contributed by atoms with van der Waals surface area (Å²) in [7, 11) is 0. The highest BCUT2D eigenvalue weighted by Crippen LogP contribution is 2.21. The fraction of sp³-hybridized carbons (Fsp3) is 0.300. The number of benzene rings is 2. The molecular formula is C20H27N3O2. The summed E-state index contributed by atoms with van der Waals surface area (Å²) in [5.74, 6) is 0. The quantitative estimate of drug-likeness (QED) is 0.851. The molecule has 2 aromatic rings. The lowest BCUT2D eigenvalue weighted by molar-refractivity contribution is 0.301. The summed E-state index contributed by atoms with van der Waals surface area (Å²) in [6.45, 7) is 5.87. The fourth-order valence-corrected chi connectivity index (χ4v) is 2.18. The third kappa shape index (κ3) is 6.30. The Morgan fingerprint density at radius 1 is 0.880 bits per heavy atom. The molecule has 2 aliphatic rings. The number of hydrogen-bond acceptors (Lipinski definition) is 5. The van der Waals surface area contributed by atoms with Crippen LogP contribution in [0.2, 0.25) is 0 Å². The first-order chi connectivity index (χ1) is 12.4. The molecular weight excluding hydrogens is 314 g/mol. The van der Waals surface area contributed by atoms with Gasteiger partial charge in [0.1, 0.15) is 19.3 Å². The van der Waals surface area contributed by atoms with Crippen LogP contribution in [0, 0.1) is 0 Å². The van der Waals surface area contributed by atoms with Gasteiger partial charge in [-0.05, 0) is 5.56 Å². The van der Waals surface area contributed by atoms with Crippen molar-refractivity contribution < 1.29 is 10.9 Å². The largest absolute Gasteiger partial charge is 0.463 e. The van der Waals surface area contributed by atoms with Gasteiger partial charge >= 0.3 is 0 Å². The van der Waals surface area contributed by atoms with Gasteiger partial charge in [-0.3, -0.25) is 5.32 Å². The third-order valence-corrected chi connectivity index (χ3v) is 3.30. The Balaban J connectivity index is 0.000000319. The van der Waals surface area contributed by atoms with Gasteiger partial charge in [0.15, 0.2) is 0 Å². The second kappa shape index (κ2) is 10.9. The molecule has 0 amide bonds. The highest BCUT2D eigenvalue weighted by atomic mass is 16.5. The van der Waals surface area contributed by atoms with Crippen LogP contribution in [0.15, 0.2) is 76.7 Å². The average Bonchev–Trinajstić information content (AvgIpc) is 3.39. The maximum absolute atomic E-state index is 5.46. The zero-order valence-electron chi connectivity index (χ0n) is 14.8. The molecule has 0 spiro atoms. The molecule has 134 valence electrons. The number of ether oxygens (including phenoxy) is 2. The topological polar surface area (TPSA) is 55.2 Å². The van der Waals surface area contributed by atoms with E-state index in [1.54, 1.807) is 0 Å². The van der Waals surface area contributed by atoms with Crippen molar-refractivity contribution in [3.63, 3.8) is 0 Å². The van der Waals surface area contributed by atoms with E-state index in [0.29, 0.717) is 31.8 Å². The number of nitrogens with zero attached hydrogens (tertiary/aromatic N) is 2. The lowest BCUT2D eigenvalue weighted by Crippen LogP contribution is -2.30. The predicted octanol–water partition coefficient (Wildman–Crippen LogP) is 4.05. The molecule has 0 radical (unpaired) electrons. The summed E-state index contributed by atoms with van der Waals surface area (Å²) >= 11 is 0. The van der Waals surface area contributed by atoms with Crippen molar-refractivity contribution in [1.82, 2.24) is 5.32 Å². The van der Waals surface area contributed by atoms with E-state index >= 15 is 0 Å². The zero-order valence-corrected chi connectivity index (χ0v) is 14.8. The Bertz CT molecular complexity index is 637. The van der Waals surface area contributed by atoms with Crippen LogP contribution in [-0.2, 0) is 9.47 Å². The van der Waals surface area contributed by atoms with Crippen molar-refractivity contribution in [2.45, 2.75) is 19.9 Å². The van der Waals surface area contributed by atoms with Crippen LogP contribution in [-0.4, -0.2) is 31.8 Å². The van der Waals surface area contributed by atoms with E-state index in [-0.39, 0.29) is 7.47 Å². The van der Waals surface area contributed by atoms with Crippen molar-refractivity contribution in [3.8, 4) is 0 Å². The summed E-state index contributed by atoms with van der Waals surface area (Å²) in [6.07, 6.45) is 0. The van der Waals surface area contributed by atoms with E-state index in [9.17, 15) is 0 Å². The van der Waals surface area contributed by atoms with Gasteiger partial charge < -0.3 is 9.47 Å². The number of nitrogens with one attached hydrogen (secondary N) is 1. The van der Waals surface area contributed by atoms with Crippen molar-refractivity contribution in [2.75, 3.05) is 19.8 Å². The first-order valence-corrected chi connectivity index (χ1v) is 8.61. The molecule has 0 aliphatic carbocycles. The minimum Gasteiger partial charge on any atom is -0.463 e. The highest BCUT2D eigenvalue weighted by molar-refractivity contribution is 5.94. The molecule has 2 aliphatic heterocycles. The van der Waals surface area contributed by atoms with Crippen molar-refractivity contribution in [2.24, 2.45) is 9.98 Å². The summed E-state index contributed by atoms with van der Waals surface area (Å²) in [6, 6.07) is 23.1. The molecule has 0 fully saturated rings. The molecule has 1 N–H and O–H groups in total. The van der Waals surface area contributed by atoms with Crippen LogP contribution >= 0.6 is 0 Å². The number of hydrogen-bond donors (Lipinski definition) is 1. The standard InChI is InChI=1S/C12H13N3O2.C6H6.C2H6.H2/c1-2-4-9(5-3-1)10-8-17-12(14-10)15-11-13-6-7-16-11;1-2-4-6-5-3-1;1-2;/h1-5,10H,6-8H2,(H,13,14,15);1-6H;1-2H3;1H/t10-;;;/m1.../s1. The summed E-state index contributed by atoms with van der Waals surface area (Å²) < 4.78 is 10.7. The summed E-state index contributed by atoms with van der Waals surface area (Å²) in [4.78, 5) is 8.56. The molecule has 2 heterocycles. The molecule has 4 rings (SSSR count). The first-order valence-electron chi connectivity index (χ1n) is 8.61. The Labute approximate surface area is 150 Å². The van der Waals surface area contributed by atoms with E-state index in [1.807, 2.05) is 80.6 Å². The maximum atomic E-state index is 5.46. The molecule has 25 heavy (non-hydrogen) atoms.